The first-order valence-corrected chi connectivity index (χ1v) is 6.36. The summed E-state index contributed by atoms with van der Waals surface area (Å²) >= 11 is 0. The van der Waals surface area contributed by atoms with Gasteiger partial charge in [-0.25, -0.2) is 9.37 Å². The molecule has 2 N–H and O–H groups in total. The van der Waals surface area contributed by atoms with Crippen molar-refractivity contribution < 1.29 is 14.0 Å². The number of carbonyl (C=O) groups excluding carboxylic acids is 2. The minimum Gasteiger partial charge on any atom is -0.356 e. The molecule has 2 amide bonds. The fourth-order valence-corrected chi connectivity index (χ4v) is 1.93. The van der Waals surface area contributed by atoms with Crippen molar-refractivity contribution in [3.8, 4) is 0 Å². The molecule has 8 heteroatoms. The summed E-state index contributed by atoms with van der Waals surface area (Å²) in [6.07, 6.45) is 1.60. The molecule has 0 aliphatic carbocycles. The van der Waals surface area contributed by atoms with Crippen LogP contribution in [0.15, 0.2) is 6.20 Å². The highest BCUT2D eigenvalue weighted by Gasteiger charge is 2.32. The van der Waals surface area contributed by atoms with Crippen LogP contribution in [0.5, 0.6) is 0 Å². The van der Waals surface area contributed by atoms with E-state index in [0.29, 0.717) is 13.0 Å². The third-order valence-electron chi connectivity index (χ3n) is 3.04. The van der Waals surface area contributed by atoms with Crippen LogP contribution in [-0.2, 0) is 9.59 Å². The molecule has 1 aliphatic rings. The summed E-state index contributed by atoms with van der Waals surface area (Å²) in [5.74, 6) is -1.02. The summed E-state index contributed by atoms with van der Waals surface area (Å²) < 4.78 is 13.7. The van der Waals surface area contributed by atoms with E-state index in [1.165, 1.54) is 7.05 Å². The molecule has 0 aromatic carbocycles. The lowest BCUT2D eigenvalue weighted by Crippen LogP contribution is -2.48. The number of carbonyl (C=O) groups is 2. The van der Waals surface area contributed by atoms with E-state index in [0.717, 1.165) is 11.1 Å². The zero-order valence-electron chi connectivity index (χ0n) is 11.3. The molecule has 1 aromatic rings. The van der Waals surface area contributed by atoms with E-state index in [4.69, 9.17) is 0 Å². The van der Waals surface area contributed by atoms with Crippen molar-refractivity contribution in [3.05, 3.63) is 12.0 Å². The number of likely N-dealkylation sites (tertiary alicyclic amines) is 1. The first-order valence-electron chi connectivity index (χ1n) is 6.36. The fraction of sp³-hybridized carbons (Fsp3) is 0.500. The average Bonchev–Trinajstić information content (AvgIpc) is 2.43. The molecule has 20 heavy (non-hydrogen) atoms. The number of hydrogen-bond donors (Lipinski definition) is 2. The monoisotopic (exact) mass is 281 g/mol. The number of nitrogens with zero attached hydrogens (tertiary/aromatic N) is 3. The van der Waals surface area contributed by atoms with Crippen LogP contribution >= 0.6 is 0 Å². The van der Waals surface area contributed by atoms with Crippen LogP contribution in [0.4, 0.5) is 16.2 Å². The van der Waals surface area contributed by atoms with E-state index in [-0.39, 0.29) is 30.0 Å². The number of anilines is 2. The summed E-state index contributed by atoms with van der Waals surface area (Å²) in [4.78, 5) is 32.1. The van der Waals surface area contributed by atoms with E-state index < -0.39 is 11.9 Å². The number of nitrogens with one attached hydrogen (secondary N) is 2. The van der Waals surface area contributed by atoms with Crippen molar-refractivity contribution in [2.24, 2.45) is 0 Å². The standard InChI is InChI=1S/C12H16FN5O2/c1-3-14-12-15-6-7(13)10(17-12)16-8-4-5-9(19)18(2)11(8)20/h6,8H,3-5H2,1-2H3,(H2,14,15,16,17). The lowest BCUT2D eigenvalue weighted by atomic mass is 10.0. The molecule has 2 rings (SSSR count). The smallest absolute Gasteiger partial charge is 0.251 e. The molecule has 1 unspecified atom stereocenters. The van der Waals surface area contributed by atoms with Crippen molar-refractivity contribution in [3.63, 3.8) is 0 Å². The lowest BCUT2D eigenvalue weighted by Gasteiger charge is -2.28. The van der Waals surface area contributed by atoms with Gasteiger partial charge >= 0.3 is 0 Å². The molecular weight excluding hydrogens is 265 g/mol. The van der Waals surface area contributed by atoms with Crippen LogP contribution in [0, 0.1) is 5.82 Å². The lowest BCUT2D eigenvalue weighted by molar-refractivity contribution is -0.146. The van der Waals surface area contributed by atoms with Gasteiger partial charge in [-0.1, -0.05) is 0 Å². The first-order chi connectivity index (χ1) is 9.52. The van der Waals surface area contributed by atoms with Crippen molar-refractivity contribution in [2.75, 3.05) is 24.2 Å². The Morgan fingerprint density at radius 2 is 2.25 bits per heavy atom. The highest BCUT2D eigenvalue weighted by molar-refractivity contribution is 6.01. The number of aromatic nitrogens is 2. The number of hydrogen-bond acceptors (Lipinski definition) is 6. The second-order valence-electron chi connectivity index (χ2n) is 4.45. The largest absolute Gasteiger partial charge is 0.356 e. The van der Waals surface area contributed by atoms with Crippen LogP contribution in [0.1, 0.15) is 19.8 Å². The summed E-state index contributed by atoms with van der Waals surface area (Å²) in [6, 6.07) is -0.656. The molecule has 0 saturated carbocycles. The zero-order chi connectivity index (χ0) is 14.7. The average molecular weight is 281 g/mol. The number of rotatable bonds is 4. The molecular formula is C12H16FN5O2. The maximum absolute atomic E-state index is 13.7. The quantitative estimate of drug-likeness (QED) is 0.786. The summed E-state index contributed by atoms with van der Waals surface area (Å²) in [7, 11) is 1.42. The third-order valence-corrected chi connectivity index (χ3v) is 3.04. The number of halogens is 1. The summed E-state index contributed by atoms with van der Waals surface area (Å²) in [5, 5.41) is 5.60. The van der Waals surface area contributed by atoms with Gasteiger partial charge in [-0.15, -0.1) is 0 Å². The van der Waals surface area contributed by atoms with Crippen molar-refractivity contribution in [1.82, 2.24) is 14.9 Å². The number of piperidine rings is 1. The van der Waals surface area contributed by atoms with Gasteiger partial charge in [0.1, 0.15) is 6.04 Å². The number of amides is 2. The third kappa shape index (κ3) is 2.84. The van der Waals surface area contributed by atoms with Crippen LogP contribution in [0.25, 0.3) is 0 Å². The maximum Gasteiger partial charge on any atom is 0.251 e. The highest BCUT2D eigenvalue weighted by atomic mass is 19.1. The fourth-order valence-electron chi connectivity index (χ4n) is 1.93. The van der Waals surface area contributed by atoms with Gasteiger partial charge < -0.3 is 10.6 Å². The molecule has 0 spiro atoms. The Labute approximate surface area is 115 Å². The minimum atomic E-state index is -0.656. The van der Waals surface area contributed by atoms with Gasteiger partial charge in [0.05, 0.1) is 6.20 Å². The Morgan fingerprint density at radius 3 is 2.95 bits per heavy atom. The summed E-state index contributed by atoms with van der Waals surface area (Å²) in [5.41, 5.74) is 0. The molecule has 1 aliphatic heterocycles. The SMILES string of the molecule is CCNc1ncc(F)c(NC2CCC(=O)N(C)C2=O)n1. The first kappa shape index (κ1) is 14.2. The van der Waals surface area contributed by atoms with Crippen molar-refractivity contribution in [1.29, 1.82) is 0 Å². The molecule has 0 bridgehead atoms. The Kier molecular flexibility index (Phi) is 4.11. The van der Waals surface area contributed by atoms with Gasteiger partial charge in [0, 0.05) is 20.0 Å². The highest BCUT2D eigenvalue weighted by Crippen LogP contribution is 2.18. The molecule has 1 aromatic heterocycles. The van der Waals surface area contributed by atoms with E-state index in [1.54, 1.807) is 0 Å². The molecule has 1 fully saturated rings. The predicted molar refractivity (Wildman–Crippen MR) is 70.6 cm³/mol. The van der Waals surface area contributed by atoms with E-state index in [1.807, 2.05) is 6.92 Å². The molecule has 1 saturated heterocycles. The van der Waals surface area contributed by atoms with Crippen LogP contribution in [0.2, 0.25) is 0 Å². The zero-order valence-corrected chi connectivity index (χ0v) is 11.3. The van der Waals surface area contributed by atoms with Gasteiger partial charge in [0.2, 0.25) is 11.9 Å². The molecule has 0 radical (unpaired) electrons. The number of imide groups is 1. The number of likely N-dealkylation sites (N-methyl/N-ethyl adjacent to an activating group) is 1. The van der Waals surface area contributed by atoms with E-state index in [9.17, 15) is 14.0 Å². The Balaban J connectivity index is 2.15. The van der Waals surface area contributed by atoms with Gasteiger partial charge in [-0.3, -0.25) is 14.5 Å². The predicted octanol–water partition coefficient (Wildman–Crippen LogP) is 0.607. The Hall–Kier alpha value is -2.25. The van der Waals surface area contributed by atoms with Crippen LogP contribution < -0.4 is 10.6 Å². The van der Waals surface area contributed by atoms with E-state index >= 15 is 0 Å². The molecule has 7 nitrogen and oxygen atoms in total. The Bertz CT molecular complexity index is 537. The van der Waals surface area contributed by atoms with Crippen molar-refractivity contribution >= 4 is 23.6 Å². The van der Waals surface area contributed by atoms with Gasteiger partial charge in [0.25, 0.3) is 5.91 Å². The Morgan fingerprint density at radius 1 is 1.50 bits per heavy atom. The van der Waals surface area contributed by atoms with Gasteiger partial charge in [-0.2, -0.15) is 4.98 Å². The molecule has 2 heterocycles. The molecule has 1 atom stereocenters. The second-order valence-corrected chi connectivity index (χ2v) is 4.45. The topological polar surface area (TPSA) is 87.2 Å². The molecule has 108 valence electrons. The second kappa shape index (κ2) is 5.81. The van der Waals surface area contributed by atoms with Crippen molar-refractivity contribution in [2.45, 2.75) is 25.8 Å². The summed E-state index contributed by atoms with van der Waals surface area (Å²) in [6.45, 7) is 2.47. The van der Waals surface area contributed by atoms with Gasteiger partial charge in [-0.05, 0) is 13.3 Å². The minimum absolute atomic E-state index is 0.0444. The normalized spacial score (nSPS) is 19.1. The van der Waals surface area contributed by atoms with Crippen LogP contribution in [0.3, 0.4) is 0 Å². The van der Waals surface area contributed by atoms with Gasteiger partial charge in [0.15, 0.2) is 11.6 Å². The maximum atomic E-state index is 13.7. The van der Waals surface area contributed by atoms with Crippen LogP contribution in [-0.4, -0.2) is 46.3 Å². The van der Waals surface area contributed by atoms with E-state index in [2.05, 4.69) is 20.6 Å².